The third-order valence-corrected chi connectivity index (χ3v) is 3.23. The van der Waals surface area contributed by atoms with Crippen LogP contribution in [0.4, 0.5) is 5.69 Å². The fraction of sp³-hybridized carbons (Fsp3) is 0.538. The largest absolute Gasteiger partial charge is 0.398 e. The highest BCUT2D eigenvalue weighted by Gasteiger charge is 2.22. The number of anilines is 1. The third kappa shape index (κ3) is 3.35. The first-order valence-corrected chi connectivity index (χ1v) is 6.34. The second-order valence-electron chi connectivity index (χ2n) is 4.79. The minimum atomic E-state index is 0.285. The Bertz CT molecular complexity index is 387. The van der Waals surface area contributed by atoms with E-state index in [4.69, 9.17) is 22.1 Å². The van der Waals surface area contributed by atoms with Crippen molar-refractivity contribution >= 4 is 17.3 Å². The maximum Gasteiger partial charge on any atom is 0.0678 e. The Balaban J connectivity index is 2.04. The van der Waals surface area contributed by atoms with Crippen LogP contribution in [0.5, 0.6) is 0 Å². The van der Waals surface area contributed by atoms with Gasteiger partial charge in [-0.25, -0.2) is 0 Å². The van der Waals surface area contributed by atoms with Crippen LogP contribution in [0.25, 0.3) is 0 Å². The lowest BCUT2D eigenvalue weighted by Crippen LogP contribution is -2.44. The third-order valence-electron chi connectivity index (χ3n) is 3.00. The van der Waals surface area contributed by atoms with Crippen LogP contribution in [-0.2, 0) is 11.3 Å². The molecule has 4 heteroatoms. The number of morpholine rings is 1. The molecule has 2 unspecified atom stereocenters. The smallest absolute Gasteiger partial charge is 0.0678 e. The summed E-state index contributed by atoms with van der Waals surface area (Å²) in [4.78, 5) is 2.37. The van der Waals surface area contributed by atoms with E-state index in [2.05, 4.69) is 18.7 Å². The second-order valence-corrected chi connectivity index (χ2v) is 5.23. The zero-order valence-electron chi connectivity index (χ0n) is 10.3. The Labute approximate surface area is 107 Å². The van der Waals surface area contributed by atoms with Gasteiger partial charge in [0.25, 0.3) is 0 Å². The number of nitrogen functional groups attached to an aromatic ring is 1. The van der Waals surface area contributed by atoms with Crippen LogP contribution in [0.3, 0.4) is 0 Å². The minimum absolute atomic E-state index is 0.285. The Morgan fingerprint density at radius 2 is 2.00 bits per heavy atom. The van der Waals surface area contributed by atoms with Crippen molar-refractivity contribution in [2.45, 2.75) is 32.6 Å². The fourth-order valence-electron chi connectivity index (χ4n) is 2.36. The van der Waals surface area contributed by atoms with Crippen LogP contribution in [0, 0.1) is 0 Å². The van der Waals surface area contributed by atoms with Crippen molar-refractivity contribution in [1.82, 2.24) is 4.90 Å². The van der Waals surface area contributed by atoms with E-state index in [1.54, 1.807) is 0 Å². The molecule has 0 bridgehead atoms. The molecule has 1 fully saturated rings. The summed E-state index contributed by atoms with van der Waals surface area (Å²) in [5.74, 6) is 0. The lowest BCUT2D eigenvalue weighted by atomic mass is 10.1. The van der Waals surface area contributed by atoms with Gasteiger partial charge in [0.15, 0.2) is 0 Å². The molecule has 2 rings (SSSR count). The molecule has 0 saturated carbocycles. The summed E-state index contributed by atoms with van der Waals surface area (Å²) in [5.41, 5.74) is 7.87. The number of hydrogen-bond donors (Lipinski definition) is 1. The maximum atomic E-state index is 5.97. The quantitative estimate of drug-likeness (QED) is 0.825. The summed E-state index contributed by atoms with van der Waals surface area (Å²) in [6.45, 7) is 6.97. The molecule has 0 spiro atoms. The Hall–Kier alpha value is -0.770. The van der Waals surface area contributed by atoms with Gasteiger partial charge in [-0.2, -0.15) is 0 Å². The normalized spacial score (nSPS) is 26.1. The lowest BCUT2D eigenvalue weighted by Gasteiger charge is -2.35. The van der Waals surface area contributed by atoms with E-state index in [1.807, 2.05) is 18.2 Å². The van der Waals surface area contributed by atoms with E-state index in [0.29, 0.717) is 5.02 Å². The number of nitrogens with two attached hydrogens (primary N) is 1. The van der Waals surface area contributed by atoms with Gasteiger partial charge in [0.05, 0.1) is 12.2 Å². The van der Waals surface area contributed by atoms with E-state index in [-0.39, 0.29) is 12.2 Å². The number of nitrogens with zero attached hydrogens (tertiary/aromatic N) is 1. The molecule has 0 aliphatic carbocycles. The van der Waals surface area contributed by atoms with E-state index in [0.717, 1.165) is 30.9 Å². The zero-order chi connectivity index (χ0) is 12.4. The Morgan fingerprint density at radius 3 is 2.59 bits per heavy atom. The highest BCUT2D eigenvalue weighted by Crippen LogP contribution is 2.21. The summed E-state index contributed by atoms with van der Waals surface area (Å²) < 4.78 is 5.71. The molecule has 3 nitrogen and oxygen atoms in total. The predicted octanol–water partition coefficient (Wildman–Crippen LogP) is 2.53. The summed E-state index contributed by atoms with van der Waals surface area (Å²) in [6.07, 6.45) is 0.569. The van der Waals surface area contributed by atoms with Gasteiger partial charge >= 0.3 is 0 Å². The molecule has 1 aromatic rings. The Morgan fingerprint density at radius 1 is 1.35 bits per heavy atom. The first-order chi connectivity index (χ1) is 8.04. The van der Waals surface area contributed by atoms with E-state index < -0.39 is 0 Å². The summed E-state index contributed by atoms with van der Waals surface area (Å²) in [7, 11) is 0. The van der Waals surface area contributed by atoms with Crippen molar-refractivity contribution in [3.05, 3.63) is 28.8 Å². The van der Waals surface area contributed by atoms with Gasteiger partial charge in [0, 0.05) is 30.3 Å². The van der Waals surface area contributed by atoms with Crippen molar-refractivity contribution in [3.63, 3.8) is 0 Å². The molecule has 94 valence electrons. The van der Waals surface area contributed by atoms with Crippen LogP contribution in [0.1, 0.15) is 19.4 Å². The number of ether oxygens (including phenoxy) is 1. The van der Waals surface area contributed by atoms with Crippen molar-refractivity contribution in [2.75, 3.05) is 18.8 Å². The maximum absolute atomic E-state index is 5.97. The van der Waals surface area contributed by atoms with E-state index >= 15 is 0 Å². The van der Waals surface area contributed by atoms with Crippen LogP contribution in [-0.4, -0.2) is 30.2 Å². The number of hydrogen-bond acceptors (Lipinski definition) is 3. The number of benzene rings is 1. The molecule has 1 aliphatic rings. The molecule has 0 radical (unpaired) electrons. The van der Waals surface area contributed by atoms with Crippen molar-refractivity contribution in [1.29, 1.82) is 0 Å². The SMILES string of the molecule is CC1CN(Cc2ccc(Cl)cc2N)CC(C)O1. The van der Waals surface area contributed by atoms with E-state index in [1.165, 1.54) is 0 Å². The molecule has 17 heavy (non-hydrogen) atoms. The molecule has 1 aromatic carbocycles. The first kappa shape index (κ1) is 12.7. The van der Waals surface area contributed by atoms with Crippen molar-refractivity contribution in [2.24, 2.45) is 0 Å². The topological polar surface area (TPSA) is 38.5 Å². The second kappa shape index (κ2) is 5.25. The average Bonchev–Trinajstić information content (AvgIpc) is 2.21. The number of rotatable bonds is 2. The highest BCUT2D eigenvalue weighted by atomic mass is 35.5. The van der Waals surface area contributed by atoms with Gasteiger partial charge < -0.3 is 10.5 Å². The summed E-state index contributed by atoms with van der Waals surface area (Å²) in [6, 6.07) is 5.70. The molecule has 0 aromatic heterocycles. The highest BCUT2D eigenvalue weighted by molar-refractivity contribution is 6.30. The van der Waals surface area contributed by atoms with Crippen LogP contribution < -0.4 is 5.73 Å². The van der Waals surface area contributed by atoms with Crippen LogP contribution >= 0.6 is 11.6 Å². The van der Waals surface area contributed by atoms with Gasteiger partial charge in [-0.3, -0.25) is 4.90 Å². The van der Waals surface area contributed by atoms with Crippen molar-refractivity contribution in [3.8, 4) is 0 Å². The van der Waals surface area contributed by atoms with Gasteiger partial charge in [0.2, 0.25) is 0 Å². The average molecular weight is 255 g/mol. The fourth-order valence-corrected chi connectivity index (χ4v) is 2.54. The molecule has 1 heterocycles. The molecule has 2 atom stereocenters. The van der Waals surface area contributed by atoms with Gasteiger partial charge in [-0.1, -0.05) is 17.7 Å². The predicted molar refractivity (Wildman–Crippen MR) is 71.2 cm³/mol. The minimum Gasteiger partial charge on any atom is -0.398 e. The monoisotopic (exact) mass is 254 g/mol. The zero-order valence-corrected chi connectivity index (χ0v) is 11.1. The first-order valence-electron chi connectivity index (χ1n) is 5.96. The lowest BCUT2D eigenvalue weighted by molar-refractivity contribution is -0.0704. The van der Waals surface area contributed by atoms with E-state index in [9.17, 15) is 0 Å². The standard InChI is InChI=1S/C13H19ClN2O/c1-9-6-16(7-10(2)17-9)8-11-3-4-12(14)5-13(11)15/h3-5,9-10H,6-8,15H2,1-2H3. The molecular weight excluding hydrogens is 236 g/mol. The molecule has 0 amide bonds. The summed E-state index contributed by atoms with van der Waals surface area (Å²) in [5, 5.41) is 0.690. The van der Waals surface area contributed by atoms with Crippen molar-refractivity contribution < 1.29 is 4.74 Å². The van der Waals surface area contributed by atoms with Gasteiger partial charge in [-0.05, 0) is 31.5 Å². The van der Waals surface area contributed by atoms with Gasteiger partial charge in [0.1, 0.15) is 0 Å². The molecule has 2 N–H and O–H groups in total. The van der Waals surface area contributed by atoms with Crippen LogP contribution in [0.2, 0.25) is 5.02 Å². The molecular formula is C13H19ClN2O. The summed E-state index contributed by atoms with van der Waals surface area (Å²) >= 11 is 5.89. The molecule has 1 aliphatic heterocycles. The van der Waals surface area contributed by atoms with Crippen LogP contribution in [0.15, 0.2) is 18.2 Å². The van der Waals surface area contributed by atoms with Gasteiger partial charge in [-0.15, -0.1) is 0 Å². The Kier molecular flexibility index (Phi) is 3.92. The number of halogens is 1. The molecule has 1 saturated heterocycles.